The maximum atomic E-state index is 11.4. The molecule has 0 aliphatic heterocycles. The molecule has 5 N–H and O–H groups in total. The van der Waals surface area contributed by atoms with Crippen molar-refractivity contribution in [2.24, 2.45) is 5.14 Å². The van der Waals surface area contributed by atoms with Gasteiger partial charge in [-0.05, 0) is 37.0 Å². The highest BCUT2D eigenvalue weighted by atomic mass is 32.2. The third-order valence-corrected chi connectivity index (χ3v) is 4.63. The smallest absolute Gasteiger partial charge is 0.240 e. The fraction of sp³-hybridized carbons (Fsp3) is 0.538. The first-order valence-corrected chi connectivity index (χ1v) is 9.55. The zero-order valence-electron chi connectivity index (χ0n) is 11.8. The third kappa shape index (κ3) is 5.60. The quantitative estimate of drug-likeness (QED) is 0.479. The molecule has 0 radical (unpaired) electrons. The van der Waals surface area contributed by atoms with Crippen LogP contribution in [0.1, 0.15) is 25.7 Å². The Morgan fingerprint density at radius 2 is 1.90 bits per heavy atom. The van der Waals surface area contributed by atoms with Gasteiger partial charge in [0.25, 0.3) is 0 Å². The third-order valence-electron chi connectivity index (χ3n) is 2.96. The number of nitrogens with one attached hydrogen (secondary N) is 1. The van der Waals surface area contributed by atoms with Gasteiger partial charge in [-0.2, -0.15) is 11.8 Å². The molecule has 0 amide bonds. The fourth-order valence-electron chi connectivity index (χ4n) is 1.89. The van der Waals surface area contributed by atoms with E-state index in [1.807, 2.05) is 11.8 Å². The van der Waals surface area contributed by atoms with Gasteiger partial charge in [-0.3, -0.25) is 0 Å². The molecule has 0 aromatic heterocycles. The second kappa shape index (κ2) is 8.39. The van der Waals surface area contributed by atoms with E-state index in [0.29, 0.717) is 5.69 Å². The molecule has 0 fully saturated rings. The Bertz CT molecular complexity index is 518. The van der Waals surface area contributed by atoms with Crippen molar-refractivity contribution in [2.75, 3.05) is 29.6 Å². The zero-order chi connectivity index (χ0) is 15.0. The molecule has 20 heavy (non-hydrogen) atoms. The highest BCUT2D eigenvalue weighted by Gasteiger charge is 2.14. The molecule has 1 rings (SSSR count). The number of unbranched alkanes of at least 4 members (excludes halogenated alkanes) is 3. The van der Waals surface area contributed by atoms with Crippen LogP contribution in [-0.2, 0) is 10.0 Å². The zero-order valence-corrected chi connectivity index (χ0v) is 13.4. The highest BCUT2D eigenvalue weighted by Crippen LogP contribution is 2.25. The van der Waals surface area contributed by atoms with E-state index >= 15 is 0 Å². The van der Waals surface area contributed by atoms with Crippen LogP contribution in [0.25, 0.3) is 0 Å². The molecule has 7 heteroatoms. The van der Waals surface area contributed by atoms with Crippen LogP contribution in [0.4, 0.5) is 11.4 Å². The van der Waals surface area contributed by atoms with E-state index < -0.39 is 10.0 Å². The van der Waals surface area contributed by atoms with Gasteiger partial charge in [-0.1, -0.05) is 18.9 Å². The van der Waals surface area contributed by atoms with Gasteiger partial charge >= 0.3 is 0 Å². The van der Waals surface area contributed by atoms with Crippen LogP contribution in [0, 0.1) is 0 Å². The lowest BCUT2D eigenvalue weighted by Crippen LogP contribution is -2.15. The lowest BCUT2D eigenvalue weighted by Gasteiger charge is -2.11. The number of sulfonamides is 1. The van der Waals surface area contributed by atoms with Gasteiger partial charge in [0.05, 0.1) is 11.4 Å². The van der Waals surface area contributed by atoms with Crippen LogP contribution in [0.2, 0.25) is 0 Å². The SMILES string of the molecule is CSCCCCCCNc1cccc(S(N)(=O)=O)c1N. The van der Waals surface area contributed by atoms with E-state index in [0.717, 1.165) is 19.4 Å². The van der Waals surface area contributed by atoms with Crippen LogP contribution in [-0.4, -0.2) is 27.0 Å². The number of hydrogen-bond donors (Lipinski definition) is 3. The maximum absolute atomic E-state index is 11.4. The number of para-hydroxylation sites is 1. The number of rotatable bonds is 9. The minimum atomic E-state index is -3.77. The number of anilines is 2. The molecule has 5 nitrogen and oxygen atoms in total. The molecule has 1 aromatic carbocycles. The summed E-state index contributed by atoms with van der Waals surface area (Å²) in [6.07, 6.45) is 6.76. The van der Waals surface area contributed by atoms with Crippen molar-refractivity contribution >= 4 is 33.2 Å². The summed E-state index contributed by atoms with van der Waals surface area (Å²) in [7, 11) is -3.77. The Balaban J connectivity index is 2.45. The van der Waals surface area contributed by atoms with E-state index in [2.05, 4.69) is 11.6 Å². The van der Waals surface area contributed by atoms with E-state index in [-0.39, 0.29) is 10.6 Å². The normalized spacial score (nSPS) is 11.5. The minimum Gasteiger partial charge on any atom is -0.396 e. The van der Waals surface area contributed by atoms with Crippen molar-refractivity contribution in [3.63, 3.8) is 0 Å². The van der Waals surface area contributed by atoms with Crippen LogP contribution in [0.5, 0.6) is 0 Å². The Morgan fingerprint density at radius 3 is 2.55 bits per heavy atom. The Hall–Kier alpha value is -0.920. The number of nitrogens with two attached hydrogens (primary N) is 2. The summed E-state index contributed by atoms with van der Waals surface area (Å²) in [4.78, 5) is -0.0255. The van der Waals surface area contributed by atoms with Crippen LogP contribution >= 0.6 is 11.8 Å². The van der Waals surface area contributed by atoms with Gasteiger partial charge in [0, 0.05) is 6.54 Å². The molecule has 0 heterocycles. The predicted octanol–water partition coefficient (Wildman–Crippen LogP) is 2.25. The maximum Gasteiger partial charge on any atom is 0.240 e. The van der Waals surface area contributed by atoms with Gasteiger partial charge in [-0.25, -0.2) is 13.6 Å². The molecule has 0 spiro atoms. The molecule has 114 valence electrons. The van der Waals surface area contributed by atoms with Crippen molar-refractivity contribution in [1.82, 2.24) is 0 Å². The summed E-state index contributed by atoms with van der Waals surface area (Å²) < 4.78 is 22.7. The number of nitrogen functional groups attached to an aromatic ring is 1. The molecule has 0 unspecified atom stereocenters. The second-order valence-corrected chi connectivity index (χ2v) is 7.11. The average Bonchev–Trinajstić information content (AvgIpc) is 2.38. The van der Waals surface area contributed by atoms with Crippen LogP contribution in [0.3, 0.4) is 0 Å². The number of thioether (sulfide) groups is 1. The minimum absolute atomic E-state index is 0.0255. The van der Waals surface area contributed by atoms with Crippen molar-refractivity contribution < 1.29 is 8.42 Å². The van der Waals surface area contributed by atoms with E-state index in [1.54, 1.807) is 12.1 Å². The lowest BCUT2D eigenvalue weighted by molar-refractivity contribution is 0.598. The van der Waals surface area contributed by atoms with Crippen LogP contribution in [0.15, 0.2) is 23.1 Å². The van der Waals surface area contributed by atoms with Crippen molar-refractivity contribution in [2.45, 2.75) is 30.6 Å². The van der Waals surface area contributed by atoms with Gasteiger partial charge in [-0.15, -0.1) is 0 Å². The van der Waals surface area contributed by atoms with Gasteiger partial charge in [0.1, 0.15) is 4.90 Å². The Labute approximate surface area is 125 Å². The Kier molecular flexibility index (Phi) is 7.18. The predicted molar refractivity (Wildman–Crippen MR) is 87.6 cm³/mol. The number of primary sulfonamides is 1. The largest absolute Gasteiger partial charge is 0.396 e. The summed E-state index contributed by atoms with van der Waals surface area (Å²) in [6, 6.07) is 4.81. The molecule has 0 saturated heterocycles. The van der Waals surface area contributed by atoms with Crippen LogP contribution < -0.4 is 16.2 Å². The summed E-state index contributed by atoms with van der Waals surface area (Å²) in [6.45, 7) is 0.775. The summed E-state index contributed by atoms with van der Waals surface area (Å²) in [5.74, 6) is 1.21. The summed E-state index contributed by atoms with van der Waals surface area (Å²) in [5, 5.41) is 8.28. The summed E-state index contributed by atoms with van der Waals surface area (Å²) >= 11 is 1.87. The number of hydrogen-bond acceptors (Lipinski definition) is 5. The average molecular weight is 317 g/mol. The molecule has 0 saturated carbocycles. The van der Waals surface area contributed by atoms with E-state index in [4.69, 9.17) is 10.9 Å². The first kappa shape index (κ1) is 17.1. The molecular formula is C13H23N3O2S2. The van der Waals surface area contributed by atoms with Gasteiger partial charge in [0.15, 0.2) is 0 Å². The molecule has 1 aromatic rings. The molecule has 0 atom stereocenters. The molecular weight excluding hydrogens is 294 g/mol. The molecule has 0 aliphatic carbocycles. The standard InChI is InChI=1S/C13H23N3O2S2/c1-19-10-5-3-2-4-9-16-11-7-6-8-12(13(11)14)20(15,17)18/h6-8,16H,2-5,9-10,14H2,1H3,(H2,15,17,18). The fourth-order valence-corrected chi connectivity index (χ4v) is 3.07. The van der Waals surface area contributed by atoms with E-state index in [1.165, 1.54) is 24.7 Å². The second-order valence-electron chi connectivity index (χ2n) is 4.60. The lowest BCUT2D eigenvalue weighted by atomic mass is 10.2. The Morgan fingerprint density at radius 1 is 1.20 bits per heavy atom. The first-order valence-electron chi connectivity index (χ1n) is 6.61. The van der Waals surface area contributed by atoms with Crippen molar-refractivity contribution in [3.05, 3.63) is 18.2 Å². The van der Waals surface area contributed by atoms with Crippen molar-refractivity contribution in [3.8, 4) is 0 Å². The number of benzene rings is 1. The van der Waals surface area contributed by atoms with Crippen molar-refractivity contribution in [1.29, 1.82) is 0 Å². The first-order chi connectivity index (χ1) is 9.46. The monoisotopic (exact) mass is 317 g/mol. The highest BCUT2D eigenvalue weighted by molar-refractivity contribution is 7.98. The van der Waals surface area contributed by atoms with Gasteiger partial charge in [0.2, 0.25) is 10.0 Å². The summed E-state index contributed by atoms with van der Waals surface area (Å²) in [5.41, 5.74) is 6.64. The van der Waals surface area contributed by atoms with Gasteiger partial charge < -0.3 is 11.1 Å². The topological polar surface area (TPSA) is 98.2 Å². The molecule has 0 aliphatic rings. The van der Waals surface area contributed by atoms with E-state index in [9.17, 15) is 8.42 Å². The molecule has 0 bridgehead atoms.